The Balaban J connectivity index is 1.97. The molecule has 1 aliphatic heterocycles. The van der Waals surface area contributed by atoms with Crippen molar-refractivity contribution >= 4 is 15.9 Å². The first-order chi connectivity index (χ1) is 11.7. The van der Waals surface area contributed by atoms with Crippen molar-refractivity contribution in [1.29, 1.82) is 0 Å². The van der Waals surface area contributed by atoms with Crippen molar-refractivity contribution in [3.63, 3.8) is 0 Å². The minimum Gasteiger partial charge on any atom is -0.289 e. The minimum atomic E-state index is -3.80. The van der Waals surface area contributed by atoms with Crippen LogP contribution in [0.3, 0.4) is 0 Å². The predicted molar refractivity (Wildman–Crippen MR) is 93.6 cm³/mol. The molecule has 1 heterocycles. The number of carbonyl (C=O) groups excluding carboxylic acids is 1. The monoisotopic (exact) mass is 366 g/mol. The summed E-state index contributed by atoms with van der Waals surface area (Å²) < 4.78 is 27.8. The van der Waals surface area contributed by atoms with Crippen molar-refractivity contribution in [2.45, 2.75) is 68.8 Å². The van der Waals surface area contributed by atoms with E-state index in [9.17, 15) is 13.2 Å². The number of benzene rings is 1. The summed E-state index contributed by atoms with van der Waals surface area (Å²) in [5.74, 6) is -0.463. The van der Waals surface area contributed by atoms with Crippen LogP contribution >= 0.6 is 0 Å². The van der Waals surface area contributed by atoms with Gasteiger partial charge >= 0.3 is 0 Å². The molecule has 2 fully saturated rings. The second kappa shape index (κ2) is 6.37. The van der Waals surface area contributed by atoms with E-state index in [0.717, 1.165) is 24.8 Å². The van der Waals surface area contributed by atoms with Crippen LogP contribution in [0.4, 0.5) is 0 Å². The van der Waals surface area contributed by atoms with Crippen molar-refractivity contribution in [3.05, 3.63) is 29.8 Å². The minimum absolute atomic E-state index is 0.0637. The highest BCUT2D eigenvalue weighted by molar-refractivity contribution is 7.89. The predicted octanol–water partition coefficient (Wildman–Crippen LogP) is 2.42. The summed E-state index contributed by atoms with van der Waals surface area (Å²) >= 11 is 0. The van der Waals surface area contributed by atoms with Gasteiger partial charge in [-0.3, -0.25) is 10.0 Å². The van der Waals surface area contributed by atoms with E-state index < -0.39 is 22.0 Å². The zero-order valence-corrected chi connectivity index (χ0v) is 15.7. The second-order valence-electron chi connectivity index (χ2n) is 8.10. The molecule has 1 saturated carbocycles. The summed E-state index contributed by atoms with van der Waals surface area (Å²) in [6, 6.07) is 5.90. The van der Waals surface area contributed by atoms with E-state index >= 15 is 0 Å². The van der Waals surface area contributed by atoms with Crippen LogP contribution in [-0.2, 0) is 20.2 Å². The largest absolute Gasteiger partial charge is 0.289 e. The number of rotatable bonds is 3. The summed E-state index contributed by atoms with van der Waals surface area (Å²) in [7, 11) is -3.80. The lowest BCUT2D eigenvalue weighted by atomic mass is 9.87. The molecule has 1 aromatic rings. The Hall–Kier alpha value is -1.44. The van der Waals surface area contributed by atoms with Gasteiger partial charge in [-0.15, -0.1) is 0 Å². The van der Waals surface area contributed by atoms with Gasteiger partial charge in [-0.1, -0.05) is 39.3 Å². The number of fused-ring (bicyclic) bond motifs is 1. The third-order valence-corrected chi connectivity index (χ3v) is 7.44. The molecule has 6 nitrogen and oxygen atoms in total. The highest BCUT2D eigenvalue weighted by Crippen LogP contribution is 2.44. The summed E-state index contributed by atoms with van der Waals surface area (Å²) in [5.41, 5.74) is 2.62. The third-order valence-electron chi connectivity index (χ3n) is 5.49. The summed E-state index contributed by atoms with van der Waals surface area (Å²) in [5, 5.41) is 9.02. The molecule has 25 heavy (non-hydrogen) atoms. The van der Waals surface area contributed by atoms with Crippen molar-refractivity contribution in [2.24, 2.45) is 5.92 Å². The summed E-state index contributed by atoms with van der Waals surface area (Å²) in [6.07, 6.45) is 3.13. The van der Waals surface area contributed by atoms with Gasteiger partial charge in [0.05, 0.1) is 4.90 Å². The van der Waals surface area contributed by atoms with E-state index in [1.807, 2.05) is 12.1 Å². The maximum absolute atomic E-state index is 13.2. The summed E-state index contributed by atoms with van der Waals surface area (Å²) in [4.78, 5) is 12.2. The van der Waals surface area contributed by atoms with E-state index in [1.165, 1.54) is 4.31 Å². The molecule has 138 valence electrons. The molecule has 1 amide bonds. The van der Waals surface area contributed by atoms with Gasteiger partial charge in [0.25, 0.3) is 5.91 Å². The fraction of sp³-hybridized carbons (Fsp3) is 0.611. The first-order valence-electron chi connectivity index (χ1n) is 8.74. The van der Waals surface area contributed by atoms with E-state index in [0.29, 0.717) is 6.42 Å². The molecule has 2 N–H and O–H groups in total. The van der Waals surface area contributed by atoms with E-state index in [2.05, 4.69) is 20.8 Å². The van der Waals surface area contributed by atoms with Crippen LogP contribution in [-0.4, -0.2) is 35.9 Å². The maximum atomic E-state index is 13.2. The second-order valence-corrected chi connectivity index (χ2v) is 9.94. The Morgan fingerprint density at radius 1 is 1.20 bits per heavy atom. The standard InChI is InChI=1S/C18H26N2O4S/c1-18(2,3)13-7-9-14(10-8-13)25(23,24)20-15-6-4-5-12(15)11-16(20)17(21)19-22/h7-10,12,15-16,22H,4-6,11H2,1-3H3,(H,19,21)/t12-,15-,16-/m1/s1. The first kappa shape index (κ1) is 18.4. The zero-order valence-electron chi connectivity index (χ0n) is 14.9. The number of hydrogen-bond acceptors (Lipinski definition) is 4. The maximum Gasteiger partial charge on any atom is 0.261 e. The van der Waals surface area contributed by atoms with E-state index in [1.54, 1.807) is 17.6 Å². The molecular formula is C18H26N2O4S. The molecule has 0 unspecified atom stereocenters. The smallest absolute Gasteiger partial charge is 0.261 e. The normalized spacial score (nSPS) is 27.3. The Morgan fingerprint density at radius 2 is 1.84 bits per heavy atom. The lowest BCUT2D eigenvalue weighted by molar-refractivity contribution is -0.132. The Morgan fingerprint density at radius 3 is 2.40 bits per heavy atom. The van der Waals surface area contributed by atoms with Gasteiger partial charge in [-0.25, -0.2) is 13.9 Å². The molecule has 3 atom stereocenters. The van der Waals surface area contributed by atoms with Gasteiger partial charge in [-0.2, -0.15) is 4.31 Å². The molecule has 1 aromatic carbocycles. The topological polar surface area (TPSA) is 86.7 Å². The number of nitrogens with zero attached hydrogens (tertiary/aromatic N) is 1. The average molecular weight is 366 g/mol. The highest BCUT2D eigenvalue weighted by Gasteiger charge is 2.52. The molecule has 1 aliphatic carbocycles. The zero-order chi connectivity index (χ0) is 18.4. The molecule has 0 radical (unpaired) electrons. The fourth-order valence-electron chi connectivity index (χ4n) is 4.14. The fourth-order valence-corrected chi connectivity index (χ4v) is 6.01. The van der Waals surface area contributed by atoms with E-state index in [-0.39, 0.29) is 22.3 Å². The van der Waals surface area contributed by atoms with Crippen LogP contribution in [0.2, 0.25) is 0 Å². The third kappa shape index (κ3) is 3.20. The molecule has 7 heteroatoms. The average Bonchev–Trinajstić information content (AvgIpc) is 3.13. The van der Waals surface area contributed by atoms with Gasteiger partial charge in [0.15, 0.2) is 0 Å². The molecule has 0 aromatic heterocycles. The Bertz CT molecular complexity index is 752. The molecule has 2 aliphatic rings. The van der Waals surface area contributed by atoms with Crippen molar-refractivity contribution in [2.75, 3.05) is 0 Å². The number of hydrogen-bond donors (Lipinski definition) is 2. The van der Waals surface area contributed by atoms with Gasteiger partial charge in [-0.05, 0) is 48.3 Å². The lowest BCUT2D eigenvalue weighted by Gasteiger charge is -2.28. The van der Waals surface area contributed by atoms with Crippen molar-refractivity contribution in [1.82, 2.24) is 9.79 Å². The molecule has 3 rings (SSSR count). The van der Waals surface area contributed by atoms with Crippen LogP contribution in [0.25, 0.3) is 0 Å². The van der Waals surface area contributed by atoms with Crippen LogP contribution in [0, 0.1) is 5.92 Å². The van der Waals surface area contributed by atoms with Crippen LogP contribution in [0.5, 0.6) is 0 Å². The van der Waals surface area contributed by atoms with Gasteiger partial charge < -0.3 is 0 Å². The summed E-state index contributed by atoms with van der Waals surface area (Å²) in [6.45, 7) is 6.21. The van der Waals surface area contributed by atoms with Crippen molar-refractivity contribution in [3.8, 4) is 0 Å². The highest BCUT2D eigenvalue weighted by atomic mass is 32.2. The SMILES string of the molecule is CC(C)(C)c1ccc(S(=O)(=O)N2[C@@H](C(=O)NO)C[C@H]3CCC[C@H]32)cc1. The van der Waals surface area contributed by atoms with Crippen molar-refractivity contribution < 1.29 is 18.4 Å². The molecular weight excluding hydrogens is 340 g/mol. The number of hydroxylamine groups is 1. The Labute approximate surface area is 149 Å². The lowest BCUT2D eigenvalue weighted by Crippen LogP contribution is -2.48. The van der Waals surface area contributed by atoms with Gasteiger partial charge in [0, 0.05) is 6.04 Å². The molecule has 1 saturated heterocycles. The number of nitrogens with one attached hydrogen (secondary N) is 1. The quantitative estimate of drug-likeness (QED) is 0.635. The van der Waals surface area contributed by atoms with E-state index in [4.69, 9.17) is 5.21 Å². The number of carbonyl (C=O) groups is 1. The Kier molecular flexibility index (Phi) is 4.68. The van der Waals surface area contributed by atoms with Gasteiger partial charge in [0.1, 0.15) is 6.04 Å². The molecule has 0 bridgehead atoms. The number of sulfonamides is 1. The van der Waals surface area contributed by atoms with Gasteiger partial charge in [0.2, 0.25) is 10.0 Å². The van der Waals surface area contributed by atoms with Crippen LogP contribution in [0.15, 0.2) is 29.2 Å². The molecule has 0 spiro atoms. The number of amides is 1. The van der Waals surface area contributed by atoms with Crippen LogP contribution in [0.1, 0.15) is 52.0 Å². The first-order valence-corrected chi connectivity index (χ1v) is 10.2. The van der Waals surface area contributed by atoms with Crippen LogP contribution < -0.4 is 5.48 Å².